The van der Waals surface area contributed by atoms with Crippen LogP contribution in [0.1, 0.15) is 86.2 Å². The molecule has 2 fully saturated rings. The van der Waals surface area contributed by atoms with Gasteiger partial charge in [0.25, 0.3) is 5.91 Å². The van der Waals surface area contributed by atoms with Crippen molar-refractivity contribution >= 4 is 41.0 Å². The van der Waals surface area contributed by atoms with Crippen LogP contribution in [0.2, 0.25) is 0 Å². The summed E-state index contributed by atoms with van der Waals surface area (Å²) in [6, 6.07) is 4.00. The number of nitrogens with two attached hydrogens (primary N) is 2. The molecular weight excluding hydrogens is 486 g/mol. The molecule has 11 nitrogen and oxygen atoms in total. The highest BCUT2D eigenvalue weighted by molar-refractivity contribution is 6.07. The molecule has 2 aromatic rings. The van der Waals surface area contributed by atoms with Crippen molar-refractivity contribution in [2.24, 2.45) is 11.5 Å². The number of ether oxygens (including phenoxy) is 1. The van der Waals surface area contributed by atoms with Crippen molar-refractivity contribution in [2.75, 3.05) is 28.6 Å². The Bertz CT molecular complexity index is 1270. The molecule has 1 aromatic carbocycles. The maximum absolute atomic E-state index is 12.9. The van der Waals surface area contributed by atoms with E-state index in [1.165, 1.54) is 12.6 Å². The highest BCUT2D eigenvalue weighted by atomic mass is 16.6. The van der Waals surface area contributed by atoms with Gasteiger partial charge in [-0.2, -0.15) is 4.98 Å². The number of fused-ring (bicyclic) bond motifs is 1. The maximum Gasteiger partial charge on any atom is 0.404 e. The van der Waals surface area contributed by atoms with E-state index in [9.17, 15) is 14.4 Å². The molecule has 6 N–H and O–H groups in total. The number of carbonyl (C=O) groups is 3. The van der Waals surface area contributed by atoms with E-state index >= 15 is 0 Å². The second-order valence-corrected chi connectivity index (χ2v) is 11.0. The summed E-state index contributed by atoms with van der Waals surface area (Å²) in [4.78, 5) is 47.3. The first kappa shape index (κ1) is 25.7. The molecule has 11 heteroatoms. The molecular formula is C27H35N7O4. The molecule has 0 radical (unpaired) electrons. The van der Waals surface area contributed by atoms with Crippen molar-refractivity contribution in [3.05, 3.63) is 35.0 Å². The van der Waals surface area contributed by atoms with Crippen molar-refractivity contribution < 1.29 is 19.1 Å². The van der Waals surface area contributed by atoms with E-state index in [2.05, 4.69) is 26.7 Å². The number of carbonyl (C=O) groups excluding carboxylic acids is 3. The molecule has 1 aromatic heterocycles. The molecule has 1 unspecified atom stereocenters. The average molecular weight is 522 g/mol. The maximum atomic E-state index is 12.9. The molecule has 3 heterocycles. The molecule has 3 amide bonds. The van der Waals surface area contributed by atoms with E-state index in [1.54, 1.807) is 0 Å². The summed E-state index contributed by atoms with van der Waals surface area (Å²) in [5.41, 5.74) is 14.0. The van der Waals surface area contributed by atoms with Crippen LogP contribution in [0.25, 0.3) is 0 Å². The van der Waals surface area contributed by atoms with Crippen LogP contribution in [-0.4, -0.2) is 47.1 Å². The predicted molar refractivity (Wildman–Crippen MR) is 144 cm³/mol. The van der Waals surface area contributed by atoms with E-state index in [4.69, 9.17) is 16.2 Å². The standard InChI is InChI=1S/C27H35N7O4/c1-27(2)20-12-16(11-18(21(20)32-24(27)36)15-7-4-3-5-8-15)31-23-19(22(28)35)13-30-26(33-23)34-10-6-9-17(14-34)38-25(29)37/h11-13,15,17H,3-10,14H2,1-2H3,(H2,28,35)(H2,29,37)(H,32,36)(H,30,31,33). The Hall–Kier alpha value is -3.89. The molecule has 38 heavy (non-hydrogen) atoms. The molecule has 0 spiro atoms. The highest BCUT2D eigenvalue weighted by Crippen LogP contribution is 2.47. The molecule has 1 atom stereocenters. The molecule has 1 aliphatic carbocycles. The Kier molecular flexibility index (Phi) is 6.85. The normalized spacial score (nSPS) is 20.9. The van der Waals surface area contributed by atoms with Crippen LogP contribution in [0.4, 0.5) is 27.9 Å². The first-order valence-corrected chi connectivity index (χ1v) is 13.3. The van der Waals surface area contributed by atoms with Crippen molar-refractivity contribution in [1.29, 1.82) is 0 Å². The van der Waals surface area contributed by atoms with Crippen molar-refractivity contribution in [2.45, 2.75) is 76.2 Å². The first-order valence-electron chi connectivity index (χ1n) is 13.3. The van der Waals surface area contributed by atoms with Crippen LogP contribution in [0.3, 0.4) is 0 Å². The lowest BCUT2D eigenvalue weighted by molar-refractivity contribution is -0.119. The summed E-state index contributed by atoms with van der Waals surface area (Å²) >= 11 is 0. The Morgan fingerprint density at radius 3 is 2.61 bits per heavy atom. The Balaban J connectivity index is 1.51. The van der Waals surface area contributed by atoms with Crippen LogP contribution in [-0.2, 0) is 14.9 Å². The Morgan fingerprint density at radius 2 is 1.89 bits per heavy atom. The third-order valence-electron chi connectivity index (χ3n) is 7.94. The van der Waals surface area contributed by atoms with Gasteiger partial charge in [-0.3, -0.25) is 9.59 Å². The van der Waals surface area contributed by atoms with Crippen molar-refractivity contribution in [1.82, 2.24) is 9.97 Å². The van der Waals surface area contributed by atoms with Gasteiger partial charge in [0.2, 0.25) is 11.9 Å². The van der Waals surface area contributed by atoms with Gasteiger partial charge in [-0.1, -0.05) is 19.3 Å². The fraction of sp³-hybridized carbons (Fsp3) is 0.519. The number of hydrogen-bond donors (Lipinski definition) is 4. The van der Waals surface area contributed by atoms with Crippen LogP contribution < -0.4 is 27.0 Å². The van der Waals surface area contributed by atoms with Crippen molar-refractivity contribution in [3.8, 4) is 0 Å². The van der Waals surface area contributed by atoms with Gasteiger partial charge in [0.05, 0.1) is 12.0 Å². The number of rotatable bonds is 6. The fourth-order valence-corrected chi connectivity index (χ4v) is 5.81. The topological polar surface area (TPSA) is 166 Å². The number of nitrogens with one attached hydrogen (secondary N) is 2. The number of nitrogens with zero attached hydrogens (tertiary/aromatic N) is 3. The molecule has 5 rings (SSSR count). The van der Waals surface area contributed by atoms with Gasteiger partial charge in [0, 0.05) is 24.1 Å². The monoisotopic (exact) mass is 521 g/mol. The molecule has 1 saturated heterocycles. The van der Waals surface area contributed by atoms with Crippen LogP contribution >= 0.6 is 0 Å². The smallest absolute Gasteiger partial charge is 0.404 e. The fourth-order valence-electron chi connectivity index (χ4n) is 5.81. The third kappa shape index (κ3) is 4.97. The molecule has 0 bridgehead atoms. The number of hydrogen-bond acceptors (Lipinski definition) is 8. The Morgan fingerprint density at radius 1 is 1.13 bits per heavy atom. The number of benzene rings is 1. The van der Waals surface area contributed by atoms with Crippen molar-refractivity contribution in [3.63, 3.8) is 0 Å². The minimum absolute atomic E-state index is 0.0262. The van der Waals surface area contributed by atoms with E-state index < -0.39 is 17.4 Å². The summed E-state index contributed by atoms with van der Waals surface area (Å²) in [6.45, 7) is 4.90. The number of aromatic nitrogens is 2. The molecule has 202 valence electrons. The van der Waals surface area contributed by atoms with Crippen LogP contribution in [0.15, 0.2) is 18.3 Å². The minimum atomic E-state index is -0.814. The average Bonchev–Trinajstić information content (AvgIpc) is 3.12. The summed E-state index contributed by atoms with van der Waals surface area (Å²) in [7, 11) is 0. The summed E-state index contributed by atoms with van der Waals surface area (Å²) in [5, 5.41) is 6.44. The zero-order valence-electron chi connectivity index (χ0n) is 21.9. The van der Waals surface area contributed by atoms with Gasteiger partial charge in [0.15, 0.2) is 0 Å². The SMILES string of the molecule is CC1(C)C(=O)Nc2c(C3CCCCC3)cc(Nc3nc(N4CCCC(OC(N)=O)C4)ncc3C(N)=O)cc21. The predicted octanol–water partition coefficient (Wildman–Crippen LogP) is 3.66. The lowest BCUT2D eigenvalue weighted by atomic mass is 9.79. The number of anilines is 4. The van der Waals surface area contributed by atoms with Gasteiger partial charge < -0.3 is 31.7 Å². The molecule has 3 aliphatic rings. The lowest BCUT2D eigenvalue weighted by Gasteiger charge is -2.32. The third-order valence-corrected chi connectivity index (χ3v) is 7.94. The quantitative estimate of drug-likeness (QED) is 0.447. The zero-order chi connectivity index (χ0) is 27.0. The Labute approximate surface area is 221 Å². The molecule has 1 saturated carbocycles. The number of piperidine rings is 1. The number of amides is 3. The minimum Gasteiger partial charge on any atom is -0.445 e. The van der Waals surface area contributed by atoms with E-state index in [0.29, 0.717) is 31.4 Å². The first-order chi connectivity index (χ1) is 18.1. The van der Waals surface area contributed by atoms with Gasteiger partial charge in [-0.15, -0.1) is 0 Å². The van der Waals surface area contributed by atoms with Crippen LogP contribution in [0, 0.1) is 0 Å². The van der Waals surface area contributed by atoms with Gasteiger partial charge in [-0.05, 0) is 68.7 Å². The highest BCUT2D eigenvalue weighted by Gasteiger charge is 2.41. The van der Waals surface area contributed by atoms with Gasteiger partial charge >= 0.3 is 6.09 Å². The largest absolute Gasteiger partial charge is 0.445 e. The van der Waals surface area contributed by atoms with Gasteiger partial charge in [0.1, 0.15) is 17.5 Å². The van der Waals surface area contributed by atoms with Gasteiger partial charge in [-0.25, -0.2) is 9.78 Å². The second kappa shape index (κ2) is 10.1. The van der Waals surface area contributed by atoms with E-state index in [1.807, 2.05) is 24.8 Å². The van der Waals surface area contributed by atoms with E-state index in [0.717, 1.165) is 54.6 Å². The molecule has 2 aliphatic heterocycles. The summed E-state index contributed by atoms with van der Waals surface area (Å²) in [6.07, 6.45) is 7.39. The van der Waals surface area contributed by atoms with Crippen LogP contribution in [0.5, 0.6) is 0 Å². The lowest BCUT2D eigenvalue weighted by Crippen LogP contribution is -2.42. The summed E-state index contributed by atoms with van der Waals surface area (Å²) in [5.74, 6) is 0.340. The summed E-state index contributed by atoms with van der Waals surface area (Å²) < 4.78 is 5.19. The number of primary amides is 2. The second-order valence-electron chi connectivity index (χ2n) is 11.0. The van der Waals surface area contributed by atoms with E-state index in [-0.39, 0.29) is 23.4 Å². The zero-order valence-corrected chi connectivity index (χ0v) is 21.9.